The van der Waals surface area contributed by atoms with Crippen molar-refractivity contribution in [2.45, 2.75) is 58.6 Å². The zero-order chi connectivity index (χ0) is 26.3. The number of hydrogen-bond donors (Lipinski definition) is 0. The predicted molar refractivity (Wildman–Crippen MR) is 141 cm³/mol. The third-order valence-corrected chi connectivity index (χ3v) is 7.48. The number of nitrogens with zero attached hydrogens (tertiary/aromatic N) is 3. The van der Waals surface area contributed by atoms with Crippen LogP contribution in [-0.4, -0.2) is 48.3 Å². The third kappa shape index (κ3) is 7.63. The standard InChI is InChI=1S/C26H35N3O6Si/c1-6-34-24(30)15-21(17-29(31)32)20-8-7-9-22(14-20)35-23-10-11-27-26-25(23)19(2)16-28(26)18-33-12-13-36(3,4)5/h7-11,14,16,21H,6,12-13,15,17-18H2,1-5H3. The quantitative estimate of drug-likeness (QED) is 0.0940. The zero-order valence-corrected chi connectivity index (χ0v) is 22.7. The average molecular weight is 514 g/mol. The third-order valence-electron chi connectivity index (χ3n) is 5.78. The van der Waals surface area contributed by atoms with Crippen LogP contribution in [0.3, 0.4) is 0 Å². The van der Waals surface area contributed by atoms with Crippen molar-refractivity contribution in [3.05, 3.63) is 64.0 Å². The number of benzene rings is 1. The van der Waals surface area contributed by atoms with Gasteiger partial charge in [0.1, 0.15) is 23.9 Å². The van der Waals surface area contributed by atoms with Gasteiger partial charge in [0.15, 0.2) is 0 Å². The molecule has 0 fully saturated rings. The highest BCUT2D eigenvalue weighted by molar-refractivity contribution is 6.76. The SMILES string of the molecule is CCOC(=O)CC(C[N+](=O)[O-])c1cccc(Oc2ccnc3c2c(C)cn3COCC[Si](C)(C)C)c1. The van der Waals surface area contributed by atoms with E-state index in [1.807, 2.05) is 17.7 Å². The second-order valence-electron chi connectivity index (χ2n) is 10.0. The van der Waals surface area contributed by atoms with E-state index in [-0.39, 0.29) is 19.6 Å². The van der Waals surface area contributed by atoms with Crippen LogP contribution in [0, 0.1) is 17.0 Å². The fourth-order valence-corrected chi connectivity index (χ4v) is 4.71. The van der Waals surface area contributed by atoms with E-state index in [0.717, 1.165) is 22.6 Å². The fourth-order valence-electron chi connectivity index (χ4n) is 3.95. The van der Waals surface area contributed by atoms with Gasteiger partial charge < -0.3 is 18.8 Å². The molecule has 9 nitrogen and oxygen atoms in total. The number of ether oxygens (including phenoxy) is 3. The van der Waals surface area contributed by atoms with Crippen molar-refractivity contribution < 1.29 is 23.9 Å². The van der Waals surface area contributed by atoms with E-state index in [0.29, 0.717) is 30.4 Å². The van der Waals surface area contributed by atoms with Gasteiger partial charge in [0.2, 0.25) is 6.54 Å². The Labute approximate surface area is 212 Å². The minimum Gasteiger partial charge on any atom is -0.466 e. The Hall–Kier alpha value is -3.24. The molecule has 0 amide bonds. The number of rotatable bonds is 13. The van der Waals surface area contributed by atoms with E-state index >= 15 is 0 Å². The Kier molecular flexibility index (Phi) is 9.22. The molecule has 3 rings (SSSR count). The van der Waals surface area contributed by atoms with Crippen LogP contribution in [0.5, 0.6) is 11.5 Å². The van der Waals surface area contributed by atoms with Gasteiger partial charge in [-0.3, -0.25) is 14.9 Å². The number of pyridine rings is 1. The molecule has 2 heterocycles. The van der Waals surface area contributed by atoms with Crippen LogP contribution in [0.1, 0.15) is 30.4 Å². The maximum atomic E-state index is 12.0. The first-order valence-electron chi connectivity index (χ1n) is 12.1. The Morgan fingerprint density at radius 3 is 2.72 bits per heavy atom. The molecule has 0 radical (unpaired) electrons. The number of carbonyl (C=O) groups is 1. The monoisotopic (exact) mass is 513 g/mol. The number of fused-ring (bicyclic) bond motifs is 1. The van der Waals surface area contributed by atoms with Crippen LogP contribution >= 0.6 is 0 Å². The number of aryl methyl sites for hydroxylation is 1. The van der Waals surface area contributed by atoms with E-state index in [9.17, 15) is 14.9 Å². The minimum absolute atomic E-state index is 0.0720. The van der Waals surface area contributed by atoms with Gasteiger partial charge in [-0.05, 0) is 49.2 Å². The van der Waals surface area contributed by atoms with E-state index in [2.05, 4.69) is 24.6 Å². The first kappa shape index (κ1) is 27.3. The van der Waals surface area contributed by atoms with Crippen LogP contribution in [-0.2, 0) is 21.0 Å². The fraction of sp³-hybridized carbons (Fsp3) is 0.462. The Bertz CT molecular complexity index is 1200. The Balaban J connectivity index is 1.81. The topological polar surface area (TPSA) is 106 Å². The van der Waals surface area contributed by atoms with Crippen LogP contribution in [0.25, 0.3) is 11.0 Å². The predicted octanol–water partition coefficient (Wildman–Crippen LogP) is 5.76. The molecule has 0 saturated carbocycles. The summed E-state index contributed by atoms with van der Waals surface area (Å²) in [6.45, 7) is 11.7. The van der Waals surface area contributed by atoms with Gasteiger partial charge in [0.25, 0.3) is 0 Å². The van der Waals surface area contributed by atoms with Gasteiger partial charge in [-0.1, -0.05) is 31.8 Å². The molecule has 194 valence electrons. The van der Waals surface area contributed by atoms with Crippen molar-refractivity contribution in [2.75, 3.05) is 19.8 Å². The van der Waals surface area contributed by atoms with Gasteiger partial charge >= 0.3 is 5.97 Å². The number of hydrogen-bond acceptors (Lipinski definition) is 7. The smallest absolute Gasteiger partial charge is 0.306 e. The number of aromatic nitrogens is 2. The largest absolute Gasteiger partial charge is 0.466 e. The average Bonchev–Trinajstić information content (AvgIpc) is 3.12. The number of carbonyl (C=O) groups excluding carboxylic acids is 1. The first-order chi connectivity index (χ1) is 17.1. The zero-order valence-electron chi connectivity index (χ0n) is 21.7. The highest BCUT2D eigenvalue weighted by atomic mass is 28.3. The molecule has 0 spiro atoms. The summed E-state index contributed by atoms with van der Waals surface area (Å²) in [6.07, 6.45) is 3.62. The summed E-state index contributed by atoms with van der Waals surface area (Å²) in [7, 11) is -1.16. The molecule has 0 N–H and O–H groups in total. The van der Waals surface area contributed by atoms with Crippen molar-refractivity contribution in [2.24, 2.45) is 0 Å². The van der Waals surface area contributed by atoms with Crippen molar-refractivity contribution in [1.82, 2.24) is 9.55 Å². The van der Waals surface area contributed by atoms with E-state index < -0.39 is 24.9 Å². The first-order valence-corrected chi connectivity index (χ1v) is 15.9. The summed E-state index contributed by atoms with van der Waals surface area (Å²) in [5.41, 5.74) is 2.42. The summed E-state index contributed by atoms with van der Waals surface area (Å²) in [6, 6.07) is 9.95. The van der Waals surface area contributed by atoms with Crippen LogP contribution in [0.15, 0.2) is 42.7 Å². The maximum absolute atomic E-state index is 12.0. The molecule has 2 aromatic heterocycles. The molecule has 1 atom stereocenters. The molecule has 1 unspecified atom stereocenters. The van der Waals surface area contributed by atoms with Crippen molar-refractivity contribution >= 4 is 25.1 Å². The van der Waals surface area contributed by atoms with Crippen molar-refractivity contribution in [1.29, 1.82) is 0 Å². The molecule has 3 aromatic rings. The van der Waals surface area contributed by atoms with Crippen LogP contribution in [0.4, 0.5) is 0 Å². The molecule has 1 aromatic carbocycles. The van der Waals surface area contributed by atoms with E-state index in [1.54, 1.807) is 43.5 Å². The molecule has 0 saturated heterocycles. The summed E-state index contributed by atoms with van der Waals surface area (Å²) >= 11 is 0. The summed E-state index contributed by atoms with van der Waals surface area (Å²) in [5.74, 6) is 0.0780. The molecule has 0 aliphatic carbocycles. The molecular weight excluding hydrogens is 478 g/mol. The molecular formula is C26H35N3O6Si. The molecule has 0 bridgehead atoms. The highest BCUT2D eigenvalue weighted by Crippen LogP contribution is 2.34. The lowest BCUT2D eigenvalue weighted by Crippen LogP contribution is -2.22. The molecule has 10 heteroatoms. The maximum Gasteiger partial charge on any atom is 0.306 e. The number of nitro groups is 1. The minimum atomic E-state index is -1.16. The Morgan fingerprint density at radius 1 is 1.25 bits per heavy atom. The van der Waals surface area contributed by atoms with Crippen molar-refractivity contribution in [3.63, 3.8) is 0 Å². The van der Waals surface area contributed by atoms with Gasteiger partial charge in [0.05, 0.1) is 24.3 Å². The Morgan fingerprint density at radius 2 is 2.03 bits per heavy atom. The lowest BCUT2D eigenvalue weighted by Gasteiger charge is -2.16. The van der Waals surface area contributed by atoms with Gasteiger partial charge in [-0.15, -0.1) is 0 Å². The van der Waals surface area contributed by atoms with E-state index in [1.165, 1.54) is 0 Å². The van der Waals surface area contributed by atoms with Crippen LogP contribution in [0.2, 0.25) is 25.7 Å². The molecule has 0 aliphatic rings. The van der Waals surface area contributed by atoms with Gasteiger partial charge in [-0.25, -0.2) is 4.98 Å². The number of esters is 1. The van der Waals surface area contributed by atoms with Gasteiger partial charge in [0, 0.05) is 32.0 Å². The van der Waals surface area contributed by atoms with Crippen molar-refractivity contribution in [3.8, 4) is 11.5 Å². The second kappa shape index (κ2) is 12.1. The summed E-state index contributed by atoms with van der Waals surface area (Å²) in [5, 5.41) is 12.1. The second-order valence-corrected chi connectivity index (χ2v) is 15.7. The molecule has 0 aliphatic heterocycles. The highest BCUT2D eigenvalue weighted by Gasteiger charge is 2.23. The van der Waals surface area contributed by atoms with Crippen LogP contribution < -0.4 is 4.74 Å². The lowest BCUT2D eigenvalue weighted by atomic mass is 9.95. The van der Waals surface area contributed by atoms with Gasteiger partial charge in [-0.2, -0.15) is 0 Å². The van der Waals surface area contributed by atoms with E-state index in [4.69, 9.17) is 14.2 Å². The summed E-state index contributed by atoms with van der Waals surface area (Å²) < 4.78 is 19.1. The lowest BCUT2D eigenvalue weighted by molar-refractivity contribution is -0.483. The summed E-state index contributed by atoms with van der Waals surface area (Å²) in [4.78, 5) is 27.4. The molecule has 36 heavy (non-hydrogen) atoms. The normalized spacial score (nSPS) is 12.5.